The van der Waals surface area contributed by atoms with Crippen LogP contribution in [0.3, 0.4) is 0 Å². The molecular weight excluding hydrogens is 743 g/mol. The van der Waals surface area contributed by atoms with Gasteiger partial charge in [0.1, 0.15) is 23.2 Å². The Hall–Kier alpha value is -8.08. The Balaban J connectivity index is 0.973. The Morgan fingerprint density at radius 1 is 0.426 bits per heavy atom. The highest BCUT2D eigenvalue weighted by molar-refractivity contribution is 6.17. The van der Waals surface area contributed by atoms with Crippen molar-refractivity contribution < 1.29 is 4.42 Å². The predicted molar refractivity (Wildman–Crippen MR) is 254 cm³/mol. The summed E-state index contributed by atoms with van der Waals surface area (Å²) >= 11 is 0. The van der Waals surface area contributed by atoms with E-state index in [1.54, 1.807) is 0 Å². The molecule has 10 aromatic rings. The lowest BCUT2D eigenvalue weighted by molar-refractivity contribution is 0.668. The van der Waals surface area contributed by atoms with Crippen LogP contribution >= 0.6 is 0 Å². The van der Waals surface area contributed by atoms with Crippen LogP contribution < -0.4 is 5.32 Å². The number of fused-ring (bicyclic) bond motifs is 3. The summed E-state index contributed by atoms with van der Waals surface area (Å²) in [5.74, 6) is 0.262. The summed E-state index contributed by atoms with van der Waals surface area (Å²) in [5, 5.41) is 14.8. The minimum Gasteiger partial charge on any atom is -0.456 e. The van der Waals surface area contributed by atoms with Gasteiger partial charge in [-0.05, 0) is 103 Å². The molecule has 10 rings (SSSR count). The number of furan rings is 1. The fraction of sp³-hybridized carbons (Fsp3) is 0.0175. The summed E-state index contributed by atoms with van der Waals surface area (Å²) in [6, 6.07) is 77.8. The van der Waals surface area contributed by atoms with Crippen molar-refractivity contribution in [2.75, 3.05) is 0 Å². The summed E-state index contributed by atoms with van der Waals surface area (Å²) in [6.07, 6.45) is 1.36. The molecule has 0 aliphatic rings. The van der Waals surface area contributed by atoms with Gasteiger partial charge in [0.2, 0.25) is 0 Å². The van der Waals surface area contributed by atoms with Crippen LogP contribution in [-0.2, 0) is 0 Å². The Morgan fingerprint density at radius 3 is 1.46 bits per heavy atom. The van der Waals surface area contributed by atoms with Crippen molar-refractivity contribution in [1.29, 1.82) is 5.41 Å². The third-order valence-corrected chi connectivity index (χ3v) is 11.3. The summed E-state index contributed by atoms with van der Waals surface area (Å²) < 4.78 is 6.40. The molecule has 4 nitrogen and oxygen atoms in total. The molecule has 1 aromatic heterocycles. The van der Waals surface area contributed by atoms with Crippen molar-refractivity contribution in [2.24, 2.45) is 4.99 Å². The molecule has 1 unspecified atom stereocenters. The van der Waals surface area contributed by atoms with Crippen LogP contribution in [0.1, 0.15) is 22.9 Å². The molecule has 0 radical (unpaired) electrons. The molecule has 61 heavy (non-hydrogen) atoms. The van der Waals surface area contributed by atoms with E-state index in [9.17, 15) is 5.41 Å². The fourth-order valence-corrected chi connectivity index (χ4v) is 8.07. The Labute approximate surface area is 355 Å². The number of nitrogens with one attached hydrogen (secondary N) is 2. The molecule has 9 aromatic carbocycles. The van der Waals surface area contributed by atoms with E-state index in [0.29, 0.717) is 0 Å². The number of hydrogen-bond acceptors (Lipinski definition) is 3. The first-order chi connectivity index (χ1) is 30.1. The number of aliphatic imine (C=N–C) groups is 1. The average Bonchev–Trinajstić information content (AvgIpc) is 3.72. The highest BCUT2D eigenvalue weighted by atomic mass is 16.3. The van der Waals surface area contributed by atoms with Crippen LogP contribution in [0.5, 0.6) is 0 Å². The molecule has 1 atom stereocenters. The van der Waals surface area contributed by atoms with E-state index in [2.05, 4.69) is 157 Å². The van der Waals surface area contributed by atoms with Gasteiger partial charge in [-0.3, -0.25) is 10.4 Å². The Morgan fingerprint density at radius 2 is 0.885 bits per heavy atom. The van der Waals surface area contributed by atoms with Crippen molar-refractivity contribution in [3.8, 4) is 55.6 Å². The number of nitrogens with zero attached hydrogens (tertiary/aromatic N) is 1. The smallest absolute Gasteiger partial charge is 0.145 e. The van der Waals surface area contributed by atoms with Gasteiger partial charge in [-0.15, -0.1) is 0 Å². The summed E-state index contributed by atoms with van der Waals surface area (Å²) in [7, 11) is 0. The zero-order valence-corrected chi connectivity index (χ0v) is 33.4. The molecule has 0 amide bonds. The lowest BCUT2D eigenvalue weighted by Crippen LogP contribution is -2.27. The summed E-state index contributed by atoms with van der Waals surface area (Å²) in [4.78, 5) is 4.98. The highest BCUT2D eigenvalue weighted by Crippen LogP contribution is 2.37. The maximum Gasteiger partial charge on any atom is 0.145 e. The van der Waals surface area contributed by atoms with E-state index >= 15 is 0 Å². The topological polar surface area (TPSA) is 61.4 Å². The number of benzene rings is 9. The minimum absolute atomic E-state index is 0.262. The predicted octanol–water partition coefficient (Wildman–Crippen LogP) is 14.7. The van der Waals surface area contributed by atoms with E-state index in [1.807, 2.05) is 79.0 Å². The van der Waals surface area contributed by atoms with E-state index < -0.39 is 6.17 Å². The normalized spacial score (nSPS) is 11.9. The van der Waals surface area contributed by atoms with Crippen LogP contribution in [0.4, 0.5) is 0 Å². The summed E-state index contributed by atoms with van der Waals surface area (Å²) in [5.41, 5.74) is 15.7. The van der Waals surface area contributed by atoms with Crippen molar-refractivity contribution in [2.45, 2.75) is 6.17 Å². The summed E-state index contributed by atoms with van der Waals surface area (Å²) in [6.45, 7) is 0. The molecule has 0 bridgehead atoms. The Bertz CT molecular complexity index is 3080. The first-order valence-corrected chi connectivity index (χ1v) is 20.5. The number of rotatable bonds is 10. The van der Waals surface area contributed by atoms with Crippen molar-refractivity contribution in [3.63, 3.8) is 0 Å². The largest absolute Gasteiger partial charge is 0.456 e. The second-order valence-electron chi connectivity index (χ2n) is 15.2. The van der Waals surface area contributed by atoms with Crippen molar-refractivity contribution in [3.05, 3.63) is 241 Å². The van der Waals surface area contributed by atoms with Gasteiger partial charge in [-0.2, -0.15) is 0 Å². The van der Waals surface area contributed by atoms with Gasteiger partial charge in [-0.1, -0.05) is 188 Å². The van der Waals surface area contributed by atoms with Gasteiger partial charge >= 0.3 is 0 Å². The van der Waals surface area contributed by atoms with Gasteiger partial charge in [-0.25, -0.2) is 0 Å². The quantitative estimate of drug-likeness (QED) is 0.107. The number of hydrogen-bond donors (Lipinski definition) is 2. The molecule has 1 heterocycles. The molecule has 0 saturated heterocycles. The maximum absolute atomic E-state index is 9.50. The second-order valence-corrected chi connectivity index (χ2v) is 15.2. The van der Waals surface area contributed by atoms with E-state index in [0.717, 1.165) is 72.0 Å². The van der Waals surface area contributed by atoms with Gasteiger partial charge in [0.05, 0.1) is 0 Å². The maximum atomic E-state index is 9.50. The molecule has 0 fully saturated rings. The molecule has 0 aliphatic heterocycles. The van der Waals surface area contributed by atoms with Crippen molar-refractivity contribution >= 4 is 34.0 Å². The van der Waals surface area contributed by atoms with Gasteiger partial charge in [0.25, 0.3) is 0 Å². The fourth-order valence-electron chi connectivity index (χ4n) is 8.07. The van der Waals surface area contributed by atoms with Crippen LogP contribution in [0.25, 0.3) is 77.6 Å². The third kappa shape index (κ3) is 7.91. The van der Waals surface area contributed by atoms with Crippen LogP contribution in [-0.4, -0.2) is 12.1 Å². The van der Waals surface area contributed by atoms with Gasteiger partial charge in [0.15, 0.2) is 0 Å². The van der Waals surface area contributed by atoms with Crippen molar-refractivity contribution in [1.82, 2.24) is 5.32 Å². The first-order valence-electron chi connectivity index (χ1n) is 20.5. The molecular formula is C57H41N3O. The molecule has 0 saturated carbocycles. The minimum atomic E-state index is -0.503. The van der Waals surface area contributed by atoms with Crippen LogP contribution in [0, 0.1) is 5.41 Å². The molecule has 0 aliphatic carbocycles. The lowest BCUT2D eigenvalue weighted by atomic mass is 9.92. The van der Waals surface area contributed by atoms with Gasteiger partial charge < -0.3 is 9.73 Å². The standard InChI is InChI=1S/C57H41N3O/c58-56(60-57(59-38-39-14-5-1-6-15-39)46-30-28-43(29-31-46)40-16-7-2-8-17-40)51-22-13-23-54-55(51)52-37-47(32-33-53(52)61-54)44-24-26-45(27-25-44)50-35-48(41-18-9-3-10-19-41)34-49(36-50)42-20-11-4-12-21-42/h1-38,57H,(H2,58,60)/b59-38+. The molecule has 0 spiro atoms. The molecule has 2 N–H and O–H groups in total. The number of amidine groups is 1. The highest BCUT2D eigenvalue weighted by Gasteiger charge is 2.19. The van der Waals surface area contributed by atoms with Crippen LogP contribution in [0.2, 0.25) is 0 Å². The molecule has 290 valence electrons. The monoisotopic (exact) mass is 783 g/mol. The van der Waals surface area contributed by atoms with E-state index in [-0.39, 0.29) is 5.84 Å². The van der Waals surface area contributed by atoms with Crippen LogP contribution in [0.15, 0.2) is 234 Å². The zero-order chi connectivity index (χ0) is 41.0. The zero-order valence-electron chi connectivity index (χ0n) is 33.4. The first kappa shape index (κ1) is 37.2. The van der Waals surface area contributed by atoms with Gasteiger partial charge in [0, 0.05) is 22.6 Å². The molecule has 4 heteroatoms. The van der Waals surface area contributed by atoms with E-state index in [1.165, 1.54) is 22.3 Å². The lowest BCUT2D eigenvalue weighted by Gasteiger charge is -2.18. The Kier molecular flexibility index (Phi) is 10.2. The average molecular weight is 784 g/mol. The third-order valence-electron chi connectivity index (χ3n) is 11.3. The SMILES string of the molecule is N=C(NC(/N=C/c1ccccc1)c1ccc(-c2ccccc2)cc1)c1cccc2oc3ccc(-c4ccc(-c5cc(-c6ccccc6)cc(-c6ccccc6)c5)cc4)cc3c12. The second kappa shape index (κ2) is 16.6. The van der Waals surface area contributed by atoms with E-state index in [4.69, 9.17) is 9.41 Å².